The molecule has 1 aromatic carbocycles. The lowest BCUT2D eigenvalue weighted by molar-refractivity contribution is 0.637. The third-order valence-electron chi connectivity index (χ3n) is 3.21. The molecule has 18 heavy (non-hydrogen) atoms. The molecule has 0 bridgehead atoms. The number of nitrogens with one attached hydrogen (secondary N) is 2. The molecule has 0 spiro atoms. The Morgan fingerprint density at radius 3 is 2.72 bits per heavy atom. The van der Waals surface area contributed by atoms with E-state index in [1.807, 2.05) is 12.1 Å². The summed E-state index contributed by atoms with van der Waals surface area (Å²) in [7, 11) is 0. The van der Waals surface area contributed by atoms with Crippen molar-refractivity contribution >= 4 is 5.69 Å². The standard InChI is InChI=1S/C14H16N4/c15-9-11-3-4-14(8-12(11)10-16)18-13-2-1-6-17-7-5-13/h3-4,8,13,17-18H,1-2,5-7H2. The van der Waals surface area contributed by atoms with E-state index < -0.39 is 0 Å². The Labute approximate surface area is 107 Å². The molecule has 1 aliphatic heterocycles. The van der Waals surface area contributed by atoms with E-state index in [9.17, 15) is 0 Å². The minimum atomic E-state index is 0.436. The van der Waals surface area contributed by atoms with Gasteiger partial charge in [0.25, 0.3) is 0 Å². The molecular formula is C14H16N4. The van der Waals surface area contributed by atoms with Crippen molar-refractivity contribution in [3.8, 4) is 12.1 Å². The zero-order chi connectivity index (χ0) is 12.8. The molecule has 4 heteroatoms. The summed E-state index contributed by atoms with van der Waals surface area (Å²) in [6.07, 6.45) is 3.38. The first kappa shape index (κ1) is 12.4. The van der Waals surface area contributed by atoms with Gasteiger partial charge in [-0.15, -0.1) is 0 Å². The lowest BCUT2D eigenvalue weighted by Crippen LogP contribution is -2.21. The third kappa shape index (κ3) is 3.00. The Morgan fingerprint density at radius 1 is 1.11 bits per heavy atom. The molecule has 2 N–H and O–H groups in total. The first-order valence-electron chi connectivity index (χ1n) is 6.25. The molecule has 1 atom stereocenters. The molecule has 2 rings (SSSR count). The van der Waals surface area contributed by atoms with Crippen LogP contribution in [0.1, 0.15) is 30.4 Å². The van der Waals surface area contributed by atoms with Crippen LogP contribution in [-0.4, -0.2) is 19.1 Å². The van der Waals surface area contributed by atoms with E-state index >= 15 is 0 Å². The Kier molecular flexibility index (Phi) is 4.17. The van der Waals surface area contributed by atoms with Crippen LogP contribution in [0.2, 0.25) is 0 Å². The van der Waals surface area contributed by atoms with E-state index in [4.69, 9.17) is 10.5 Å². The fourth-order valence-corrected chi connectivity index (χ4v) is 2.22. The van der Waals surface area contributed by atoms with E-state index in [0.717, 1.165) is 31.6 Å². The summed E-state index contributed by atoms with van der Waals surface area (Å²) in [5.41, 5.74) is 1.80. The number of anilines is 1. The van der Waals surface area contributed by atoms with Gasteiger partial charge in [-0.3, -0.25) is 0 Å². The minimum Gasteiger partial charge on any atom is -0.382 e. The van der Waals surface area contributed by atoms with Crippen LogP contribution in [0, 0.1) is 22.7 Å². The Balaban J connectivity index is 2.10. The first-order valence-corrected chi connectivity index (χ1v) is 6.25. The SMILES string of the molecule is N#Cc1ccc(NC2CCCNCC2)cc1C#N. The molecule has 0 saturated carbocycles. The van der Waals surface area contributed by atoms with E-state index in [2.05, 4.69) is 16.7 Å². The monoisotopic (exact) mass is 240 g/mol. The number of nitriles is 2. The van der Waals surface area contributed by atoms with Crippen molar-refractivity contribution in [1.29, 1.82) is 10.5 Å². The fourth-order valence-electron chi connectivity index (χ4n) is 2.22. The number of benzene rings is 1. The quantitative estimate of drug-likeness (QED) is 0.829. The van der Waals surface area contributed by atoms with Gasteiger partial charge in [0.15, 0.2) is 0 Å². The molecule has 0 amide bonds. The molecule has 1 aromatic rings. The highest BCUT2D eigenvalue weighted by Crippen LogP contribution is 2.18. The second kappa shape index (κ2) is 6.05. The summed E-state index contributed by atoms with van der Waals surface area (Å²) >= 11 is 0. The van der Waals surface area contributed by atoms with Crippen LogP contribution in [0.25, 0.3) is 0 Å². The van der Waals surface area contributed by atoms with Gasteiger partial charge in [-0.05, 0) is 50.6 Å². The molecule has 0 aromatic heterocycles. The van der Waals surface area contributed by atoms with Gasteiger partial charge >= 0.3 is 0 Å². The second-order valence-electron chi connectivity index (χ2n) is 4.51. The molecule has 1 saturated heterocycles. The molecular weight excluding hydrogens is 224 g/mol. The number of hydrogen-bond acceptors (Lipinski definition) is 4. The van der Waals surface area contributed by atoms with Crippen LogP contribution < -0.4 is 10.6 Å². The lowest BCUT2D eigenvalue weighted by atomic mass is 10.1. The molecule has 1 heterocycles. The third-order valence-corrected chi connectivity index (χ3v) is 3.21. The number of hydrogen-bond donors (Lipinski definition) is 2. The zero-order valence-electron chi connectivity index (χ0n) is 10.2. The maximum Gasteiger partial charge on any atom is 0.101 e. The normalized spacial score (nSPS) is 19.3. The first-order chi connectivity index (χ1) is 8.83. The van der Waals surface area contributed by atoms with Crippen molar-refractivity contribution in [3.05, 3.63) is 29.3 Å². The predicted octanol–water partition coefficient (Wildman–Crippen LogP) is 1.98. The summed E-state index contributed by atoms with van der Waals surface area (Å²) in [5.74, 6) is 0. The molecule has 4 nitrogen and oxygen atoms in total. The van der Waals surface area contributed by atoms with Crippen molar-refractivity contribution in [2.45, 2.75) is 25.3 Å². The van der Waals surface area contributed by atoms with Gasteiger partial charge in [0.1, 0.15) is 12.1 Å². The van der Waals surface area contributed by atoms with E-state index in [1.54, 1.807) is 12.1 Å². The van der Waals surface area contributed by atoms with Crippen molar-refractivity contribution in [3.63, 3.8) is 0 Å². The van der Waals surface area contributed by atoms with Gasteiger partial charge in [0.2, 0.25) is 0 Å². The average molecular weight is 240 g/mol. The molecule has 1 fully saturated rings. The molecule has 92 valence electrons. The number of rotatable bonds is 2. The Morgan fingerprint density at radius 2 is 1.94 bits per heavy atom. The van der Waals surface area contributed by atoms with Crippen molar-refractivity contribution in [2.24, 2.45) is 0 Å². The summed E-state index contributed by atoms with van der Waals surface area (Å²) in [5, 5.41) is 24.7. The second-order valence-corrected chi connectivity index (χ2v) is 4.51. The summed E-state index contributed by atoms with van der Waals surface area (Å²) in [4.78, 5) is 0. The largest absolute Gasteiger partial charge is 0.382 e. The van der Waals surface area contributed by atoms with Gasteiger partial charge in [-0.2, -0.15) is 10.5 Å². The Hall–Kier alpha value is -2.04. The van der Waals surface area contributed by atoms with Crippen LogP contribution >= 0.6 is 0 Å². The molecule has 0 aliphatic carbocycles. The fraction of sp³-hybridized carbons (Fsp3) is 0.429. The van der Waals surface area contributed by atoms with Crippen molar-refractivity contribution in [1.82, 2.24) is 5.32 Å². The molecule has 0 radical (unpaired) electrons. The van der Waals surface area contributed by atoms with Crippen LogP contribution in [0.5, 0.6) is 0 Å². The lowest BCUT2D eigenvalue weighted by Gasteiger charge is -2.17. The average Bonchev–Trinajstić information content (AvgIpc) is 2.67. The smallest absolute Gasteiger partial charge is 0.101 e. The van der Waals surface area contributed by atoms with E-state index in [1.165, 1.54) is 6.42 Å². The Bertz CT molecular complexity index is 487. The van der Waals surface area contributed by atoms with E-state index in [0.29, 0.717) is 17.2 Å². The van der Waals surface area contributed by atoms with Gasteiger partial charge < -0.3 is 10.6 Å². The van der Waals surface area contributed by atoms with Gasteiger partial charge in [0, 0.05) is 11.7 Å². The summed E-state index contributed by atoms with van der Waals surface area (Å²) < 4.78 is 0. The predicted molar refractivity (Wildman–Crippen MR) is 70.0 cm³/mol. The van der Waals surface area contributed by atoms with Gasteiger partial charge in [0.05, 0.1) is 11.1 Å². The molecule has 1 unspecified atom stereocenters. The minimum absolute atomic E-state index is 0.436. The van der Waals surface area contributed by atoms with Crippen LogP contribution in [0.3, 0.4) is 0 Å². The van der Waals surface area contributed by atoms with Crippen LogP contribution in [0.4, 0.5) is 5.69 Å². The molecule has 1 aliphatic rings. The van der Waals surface area contributed by atoms with Crippen molar-refractivity contribution in [2.75, 3.05) is 18.4 Å². The summed E-state index contributed by atoms with van der Waals surface area (Å²) in [6, 6.07) is 9.87. The number of nitrogens with zero attached hydrogens (tertiary/aromatic N) is 2. The highest BCUT2D eigenvalue weighted by molar-refractivity contribution is 5.56. The van der Waals surface area contributed by atoms with Crippen LogP contribution in [-0.2, 0) is 0 Å². The van der Waals surface area contributed by atoms with Crippen LogP contribution in [0.15, 0.2) is 18.2 Å². The van der Waals surface area contributed by atoms with E-state index in [-0.39, 0.29) is 0 Å². The van der Waals surface area contributed by atoms with Gasteiger partial charge in [-0.1, -0.05) is 0 Å². The summed E-state index contributed by atoms with van der Waals surface area (Å²) in [6.45, 7) is 2.11. The maximum atomic E-state index is 8.99. The highest BCUT2D eigenvalue weighted by atomic mass is 14.9. The topological polar surface area (TPSA) is 71.6 Å². The van der Waals surface area contributed by atoms with Gasteiger partial charge in [-0.25, -0.2) is 0 Å². The highest BCUT2D eigenvalue weighted by Gasteiger charge is 2.12. The van der Waals surface area contributed by atoms with Crippen molar-refractivity contribution < 1.29 is 0 Å². The maximum absolute atomic E-state index is 8.99. The zero-order valence-corrected chi connectivity index (χ0v) is 10.2.